The van der Waals surface area contributed by atoms with Gasteiger partial charge in [0.2, 0.25) is 5.91 Å². The fourth-order valence-corrected chi connectivity index (χ4v) is 3.48. The molecule has 6 nitrogen and oxygen atoms in total. The molecule has 2 aromatic rings. The monoisotopic (exact) mass is 396 g/mol. The highest BCUT2D eigenvalue weighted by Crippen LogP contribution is 2.38. The van der Waals surface area contributed by atoms with Crippen LogP contribution in [0.1, 0.15) is 31.4 Å². The number of ether oxygens (including phenoxy) is 1. The molecule has 2 aromatic carbocycles. The lowest BCUT2D eigenvalue weighted by atomic mass is 10.0. The Morgan fingerprint density at radius 1 is 1.17 bits per heavy atom. The Morgan fingerprint density at radius 3 is 2.59 bits per heavy atom. The van der Waals surface area contributed by atoms with Gasteiger partial charge in [0.1, 0.15) is 5.75 Å². The van der Waals surface area contributed by atoms with E-state index >= 15 is 0 Å². The van der Waals surface area contributed by atoms with Crippen LogP contribution in [0.2, 0.25) is 0 Å². The molecule has 1 heterocycles. The first-order chi connectivity index (χ1) is 13.8. The Morgan fingerprint density at radius 2 is 1.90 bits per heavy atom. The Balaban J connectivity index is 1.75. The van der Waals surface area contributed by atoms with Crippen molar-refractivity contribution in [3.63, 3.8) is 0 Å². The van der Waals surface area contributed by atoms with E-state index in [2.05, 4.69) is 0 Å². The van der Waals surface area contributed by atoms with Crippen molar-refractivity contribution in [1.82, 2.24) is 4.90 Å². The van der Waals surface area contributed by atoms with Gasteiger partial charge < -0.3 is 19.6 Å². The van der Waals surface area contributed by atoms with E-state index in [0.717, 1.165) is 11.1 Å². The molecule has 0 spiro atoms. The summed E-state index contributed by atoms with van der Waals surface area (Å²) in [6.07, 6.45) is 0.169. The van der Waals surface area contributed by atoms with E-state index in [0.29, 0.717) is 18.0 Å². The van der Waals surface area contributed by atoms with Gasteiger partial charge in [0.25, 0.3) is 5.91 Å². The molecule has 6 heteroatoms. The topological polar surface area (TPSA) is 70.1 Å². The number of amides is 2. The predicted molar refractivity (Wildman–Crippen MR) is 112 cm³/mol. The molecule has 0 aromatic heterocycles. The van der Waals surface area contributed by atoms with Gasteiger partial charge in [0, 0.05) is 26.1 Å². The molecule has 0 aliphatic carbocycles. The summed E-state index contributed by atoms with van der Waals surface area (Å²) in [5.74, 6) is 0.374. The largest absolute Gasteiger partial charge is 0.476 e. The highest BCUT2D eigenvalue weighted by atomic mass is 16.5. The van der Waals surface area contributed by atoms with Crippen molar-refractivity contribution in [1.29, 1.82) is 0 Å². The Bertz CT molecular complexity index is 880. The van der Waals surface area contributed by atoms with Crippen LogP contribution < -0.4 is 9.64 Å². The molecule has 154 valence electrons. The van der Waals surface area contributed by atoms with Gasteiger partial charge in [-0.2, -0.15) is 0 Å². The molecule has 0 unspecified atom stereocenters. The standard InChI is InChI=1S/C23H28N2O4/c1-17-9-10-20-19(15-17)25(22(28)23(2,3)29-20)12-11-21(27)24(13-14-26)16-18-7-5-4-6-8-18/h4-10,15,26H,11-14,16H2,1-3H3. The SMILES string of the molecule is Cc1ccc2c(c1)N(CCC(=O)N(CCO)Cc1ccccc1)C(=O)C(C)(C)O2. The van der Waals surface area contributed by atoms with Crippen LogP contribution in [0.4, 0.5) is 5.69 Å². The number of hydrogen-bond acceptors (Lipinski definition) is 4. The Hall–Kier alpha value is -2.86. The molecule has 0 bridgehead atoms. The number of carbonyl (C=O) groups excluding carboxylic acids is 2. The number of benzene rings is 2. The lowest BCUT2D eigenvalue weighted by Crippen LogP contribution is -2.53. The summed E-state index contributed by atoms with van der Waals surface area (Å²) in [5.41, 5.74) is 1.72. The molecule has 0 saturated carbocycles. The minimum Gasteiger partial charge on any atom is -0.476 e. The van der Waals surface area contributed by atoms with E-state index in [1.54, 1.807) is 23.6 Å². The molecular weight excluding hydrogens is 368 g/mol. The number of hydrogen-bond donors (Lipinski definition) is 1. The van der Waals surface area contributed by atoms with Gasteiger partial charge in [-0.25, -0.2) is 0 Å². The number of anilines is 1. The van der Waals surface area contributed by atoms with Crippen molar-refractivity contribution in [2.24, 2.45) is 0 Å². The molecule has 1 aliphatic rings. The van der Waals surface area contributed by atoms with Gasteiger partial charge in [-0.15, -0.1) is 0 Å². The van der Waals surface area contributed by atoms with Gasteiger partial charge in [-0.05, 0) is 44.0 Å². The van der Waals surface area contributed by atoms with Gasteiger partial charge in [-0.1, -0.05) is 36.4 Å². The summed E-state index contributed by atoms with van der Waals surface area (Å²) in [6.45, 7) is 6.27. The lowest BCUT2D eigenvalue weighted by molar-refractivity contribution is -0.134. The third kappa shape index (κ3) is 4.77. The third-order valence-electron chi connectivity index (χ3n) is 5.02. The molecule has 29 heavy (non-hydrogen) atoms. The second kappa shape index (κ2) is 8.66. The maximum absolute atomic E-state index is 13.0. The molecule has 0 saturated heterocycles. The summed E-state index contributed by atoms with van der Waals surface area (Å²) >= 11 is 0. The molecule has 1 aliphatic heterocycles. The molecular formula is C23H28N2O4. The van der Waals surface area contributed by atoms with Gasteiger partial charge in [0.05, 0.1) is 12.3 Å². The first kappa shape index (κ1) is 20.9. The summed E-state index contributed by atoms with van der Waals surface area (Å²) in [5, 5.41) is 9.38. The number of aliphatic hydroxyl groups excluding tert-OH is 1. The molecule has 0 atom stereocenters. The minimum atomic E-state index is -0.986. The molecule has 1 N–H and O–H groups in total. The fraction of sp³-hybridized carbons (Fsp3) is 0.391. The van der Waals surface area contributed by atoms with Crippen molar-refractivity contribution < 1.29 is 19.4 Å². The number of nitrogens with zero attached hydrogens (tertiary/aromatic N) is 2. The number of aliphatic hydroxyl groups is 1. The smallest absolute Gasteiger partial charge is 0.270 e. The highest BCUT2D eigenvalue weighted by Gasteiger charge is 2.41. The van der Waals surface area contributed by atoms with E-state index in [1.165, 1.54) is 0 Å². The van der Waals surface area contributed by atoms with Crippen LogP contribution in [-0.2, 0) is 16.1 Å². The van der Waals surface area contributed by atoms with Crippen LogP contribution in [-0.4, -0.2) is 47.1 Å². The number of aryl methyl sites for hydroxylation is 1. The van der Waals surface area contributed by atoms with Crippen LogP contribution in [0.3, 0.4) is 0 Å². The average molecular weight is 396 g/mol. The van der Waals surface area contributed by atoms with E-state index in [1.807, 2.05) is 55.5 Å². The van der Waals surface area contributed by atoms with Gasteiger partial charge in [0.15, 0.2) is 5.60 Å². The summed E-state index contributed by atoms with van der Waals surface area (Å²) in [7, 11) is 0. The van der Waals surface area contributed by atoms with Crippen LogP contribution in [0.5, 0.6) is 5.75 Å². The second-order valence-electron chi connectivity index (χ2n) is 7.81. The zero-order chi connectivity index (χ0) is 21.0. The highest BCUT2D eigenvalue weighted by molar-refractivity contribution is 6.02. The summed E-state index contributed by atoms with van der Waals surface area (Å²) in [4.78, 5) is 29.1. The first-order valence-electron chi connectivity index (χ1n) is 9.86. The zero-order valence-corrected chi connectivity index (χ0v) is 17.2. The van der Waals surface area contributed by atoms with Crippen molar-refractivity contribution in [2.75, 3.05) is 24.6 Å². The lowest BCUT2D eigenvalue weighted by Gasteiger charge is -2.39. The van der Waals surface area contributed by atoms with Crippen molar-refractivity contribution in [2.45, 2.75) is 39.3 Å². The fourth-order valence-electron chi connectivity index (χ4n) is 3.48. The van der Waals surface area contributed by atoms with Crippen LogP contribution in [0.25, 0.3) is 0 Å². The van der Waals surface area contributed by atoms with E-state index in [-0.39, 0.29) is 37.9 Å². The predicted octanol–water partition coefficient (Wildman–Crippen LogP) is 2.91. The normalized spacial score (nSPS) is 14.9. The minimum absolute atomic E-state index is 0.103. The van der Waals surface area contributed by atoms with Crippen LogP contribution in [0.15, 0.2) is 48.5 Å². The van der Waals surface area contributed by atoms with Crippen LogP contribution >= 0.6 is 0 Å². The second-order valence-corrected chi connectivity index (χ2v) is 7.81. The van der Waals surface area contributed by atoms with E-state index in [4.69, 9.17) is 4.74 Å². The van der Waals surface area contributed by atoms with Crippen molar-refractivity contribution in [3.05, 3.63) is 59.7 Å². The Kier molecular flexibility index (Phi) is 6.23. The quantitative estimate of drug-likeness (QED) is 0.781. The number of carbonyl (C=O) groups is 2. The van der Waals surface area contributed by atoms with E-state index in [9.17, 15) is 14.7 Å². The maximum Gasteiger partial charge on any atom is 0.270 e. The number of rotatable bonds is 7. The molecule has 2 amide bonds. The first-order valence-corrected chi connectivity index (χ1v) is 9.86. The molecule has 0 radical (unpaired) electrons. The maximum atomic E-state index is 13.0. The van der Waals surface area contributed by atoms with Gasteiger partial charge in [-0.3, -0.25) is 9.59 Å². The van der Waals surface area contributed by atoms with E-state index < -0.39 is 5.60 Å². The van der Waals surface area contributed by atoms with Crippen LogP contribution in [0, 0.1) is 6.92 Å². The summed E-state index contributed by atoms with van der Waals surface area (Å²) < 4.78 is 5.87. The average Bonchev–Trinajstić information content (AvgIpc) is 2.69. The van der Waals surface area contributed by atoms with Gasteiger partial charge >= 0.3 is 0 Å². The van der Waals surface area contributed by atoms with Crippen molar-refractivity contribution >= 4 is 17.5 Å². The number of fused-ring (bicyclic) bond motifs is 1. The molecule has 3 rings (SSSR count). The molecule has 0 fully saturated rings. The Labute approximate surface area is 171 Å². The third-order valence-corrected chi connectivity index (χ3v) is 5.02. The zero-order valence-electron chi connectivity index (χ0n) is 17.2. The van der Waals surface area contributed by atoms with Crippen molar-refractivity contribution in [3.8, 4) is 5.75 Å². The summed E-state index contributed by atoms with van der Waals surface area (Å²) in [6, 6.07) is 15.4.